The van der Waals surface area contributed by atoms with E-state index in [1.807, 2.05) is 12.1 Å². The largest absolute Gasteiger partial charge is 0.481 e. The quantitative estimate of drug-likeness (QED) is 0.788. The summed E-state index contributed by atoms with van der Waals surface area (Å²) in [6, 6.07) is 8.07. The lowest BCUT2D eigenvalue weighted by Gasteiger charge is -2.04. The zero-order valence-electron chi connectivity index (χ0n) is 9.40. The smallest absolute Gasteiger partial charge is 0.300 e. The average molecular weight is 210 g/mol. The molecule has 0 atom stereocenters. The van der Waals surface area contributed by atoms with Crippen LogP contribution in [0.4, 0.5) is 0 Å². The van der Waals surface area contributed by atoms with Gasteiger partial charge in [-0.25, -0.2) is 0 Å². The van der Waals surface area contributed by atoms with E-state index in [1.165, 1.54) is 5.56 Å². The van der Waals surface area contributed by atoms with Crippen LogP contribution in [0.2, 0.25) is 0 Å². The molecule has 0 bridgehead atoms. The molecule has 0 fully saturated rings. The van der Waals surface area contributed by atoms with Gasteiger partial charge in [0.25, 0.3) is 5.97 Å². The fourth-order valence-corrected chi connectivity index (χ4v) is 1.01. The second-order valence-corrected chi connectivity index (χ2v) is 3.57. The van der Waals surface area contributed by atoms with Crippen molar-refractivity contribution in [2.24, 2.45) is 0 Å². The second kappa shape index (κ2) is 7.01. The van der Waals surface area contributed by atoms with Crippen molar-refractivity contribution in [1.29, 1.82) is 0 Å². The Balaban J connectivity index is 0.000000423. The van der Waals surface area contributed by atoms with Crippen molar-refractivity contribution in [1.82, 2.24) is 0 Å². The molecule has 0 amide bonds. The molecule has 1 aromatic carbocycles. The zero-order chi connectivity index (χ0) is 11.8. The first kappa shape index (κ1) is 13.7. The fourth-order valence-electron chi connectivity index (χ4n) is 1.01. The zero-order valence-corrected chi connectivity index (χ0v) is 9.40. The summed E-state index contributed by atoms with van der Waals surface area (Å²) < 4.78 is 0. The van der Waals surface area contributed by atoms with Gasteiger partial charge in [0.2, 0.25) is 0 Å². The van der Waals surface area contributed by atoms with E-state index >= 15 is 0 Å². The monoisotopic (exact) mass is 210 g/mol. The van der Waals surface area contributed by atoms with Crippen molar-refractivity contribution in [2.75, 3.05) is 0 Å². The molecule has 0 radical (unpaired) electrons. The van der Waals surface area contributed by atoms with Gasteiger partial charge in [0, 0.05) is 6.92 Å². The van der Waals surface area contributed by atoms with Gasteiger partial charge in [0.1, 0.15) is 0 Å². The molecular formula is C12H18O3. The number of rotatable bonds is 2. The topological polar surface area (TPSA) is 57.5 Å². The Kier molecular flexibility index (Phi) is 6.38. The molecule has 0 unspecified atom stereocenters. The fraction of sp³-hybridized carbons (Fsp3) is 0.417. The predicted molar refractivity (Wildman–Crippen MR) is 59.8 cm³/mol. The molecule has 84 valence electrons. The van der Waals surface area contributed by atoms with Gasteiger partial charge in [0.15, 0.2) is 0 Å². The van der Waals surface area contributed by atoms with Crippen molar-refractivity contribution < 1.29 is 15.0 Å². The van der Waals surface area contributed by atoms with Gasteiger partial charge in [-0.05, 0) is 17.0 Å². The Morgan fingerprint density at radius 2 is 1.67 bits per heavy atom. The maximum absolute atomic E-state index is 9.00. The van der Waals surface area contributed by atoms with Gasteiger partial charge in [0.05, 0.1) is 6.61 Å². The number of carboxylic acids is 1. The van der Waals surface area contributed by atoms with E-state index in [0.717, 1.165) is 12.5 Å². The van der Waals surface area contributed by atoms with Crippen molar-refractivity contribution in [3.8, 4) is 0 Å². The van der Waals surface area contributed by atoms with Gasteiger partial charge in [-0.2, -0.15) is 0 Å². The van der Waals surface area contributed by atoms with Gasteiger partial charge >= 0.3 is 0 Å². The molecule has 2 N–H and O–H groups in total. The third kappa shape index (κ3) is 6.69. The van der Waals surface area contributed by atoms with Gasteiger partial charge in [-0.15, -0.1) is 0 Å². The lowest BCUT2D eigenvalue weighted by Crippen LogP contribution is -1.88. The van der Waals surface area contributed by atoms with Gasteiger partial charge in [-0.3, -0.25) is 4.79 Å². The number of aliphatic hydroxyl groups excluding tert-OH is 1. The van der Waals surface area contributed by atoms with E-state index < -0.39 is 5.97 Å². The molecule has 3 nitrogen and oxygen atoms in total. The maximum Gasteiger partial charge on any atom is 0.300 e. The summed E-state index contributed by atoms with van der Waals surface area (Å²) in [5, 5.41) is 16.2. The molecular weight excluding hydrogens is 192 g/mol. The molecule has 1 aromatic rings. The number of aliphatic hydroxyl groups is 1. The van der Waals surface area contributed by atoms with Crippen LogP contribution in [0.1, 0.15) is 37.8 Å². The number of benzene rings is 1. The predicted octanol–water partition coefficient (Wildman–Crippen LogP) is 2.39. The van der Waals surface area contributed by atoms with E-state index in [2.05, 4.69) is 26.0 Å². The average Bonchev–Trinajstić information content (AvgIpc) is 2.17. The lowest BCUT2D eigenvalue weighted by atomic mass is 10.0. The number of hydrogen-bond donors (Lipinski definition) is 2. The number of carboxylic acid groups (broad SMARTS) is 1. The molecule has 15 heavy (non-hydrogen) atoms. The summed E-state index contributed by atoms with van der Waals surface area (Å²) in [4.78, 5) is 9.00. The SMILES string of the molecule is CC(=O)O.CC(C)c1ccc(CO)cc1. The van der Waals surface area contributed by atoms with Crippen LogP contribution < -0.4 is 0 Å². The van der Waals surface area contributed by atoms with Crippen LogP contribution in [-0.4, -0.2) is 16.2 Å². The highest BCUT2D eigenvalue weighted by Crippen LogP contribution is 2.14. The van der Waals surface area contributed by atoms with E-state index in [1.54, 1.807) is 0 Å². The third-order valence-corrected chi connectivity index (χ3v) is 1.83. The van der Waals surface area contributed by atoms with E-state index in [4.69, 9.17) is 15.0 Å². The molecule has 3 heteroatoms. The van der Waals surface area contributed by atoms with Crippen LogP contribution in [-0.2, 0) is 11.4 Å². The molecule has 0 aromatic heterocycles. The van der Waals surface area contributed by atoms with E-state index in [-0.39, 0.29) is 6.61 Å². The summed E-state index contributed by atoms with van der Waals surface area (Å²) in [5.41, 5.74) is 2.30. The van der Waals surface area contributed by atoms with Crippen molar-refractivity contribution in [3.63, 3.8) is 0 Å². The van der Waals surface area contributed by atoms with Crippen molar-refractivity contribution in [2.45, 2.75) is 33.3 Å². The molecule has 0 aliphatic heterocycles. The van der Waals surface area contributed by atoms with Crippen LogP contribution in [0.5, 0.6) is 0 Å². The number of aliphatic carboxylic acids is 1. The van der Waals surface area contributed by atoms with Crippen molar-refractivity contribution >= 4 is 5.97 Å². The van der Waals surface area contributed by atoms with Crippen LogP contribution in [0.15, 0.2) is 24.3 Å². The Morgan fingerprint density at radius 1 is 1.27 bits per heavy atom. The lowest BCUT2D eigenvalue weighted by molar-refractivity contribution is -0.134. The van der Waals surface area contributed by atoms with Crippen molar-refractivity contribution in [3.05, 3.63) is 35.4 Å². The summed E-state index contributed by atoms with van der Waals surface area (Å²) in [5.74, 6) is -0.261. The Hall–Kier alpha value is -1.35. The Bertz CT molecular complexity index is 284. The third-order valence-electron chi connectivity index (χ3n) is 1.83. The minimum atomic E-state index is -0.833. The summed E-state index contributed by atoms with van der Waals surface area (Å²) >= 11 is 0. The van der Waals surface area contributed by atoms with Crippen LogP contribution in [0, 0.1) is 0 Å². The van der Waals surface area contributed by atoms with Crippen LogP contribution in [0.25, 0.3) is 0 Å². The summed E-state index contributed by atoms with van der Waals surface area (Å²) in [7, 11) is 0. The first-order valence-electron chi connectivity index (χ1n) is 4.86. The van der Waals surface area contributed by atoms with E-state index in [0.29, 0.717) is 5.92 Å². The minimum absolute atomic E-state index is 0.137. The molecule has 0 saturated heterocycles. The molecule has 0 heterocycles. The van der Waals surface area contributed by atoms with Gasteiger partial charge < -0.3 is 10.2 Å². The normalized spacial score (nSPS) is 9.40. The van der Waals surface area contributed by atoms with Crippen LogP contribution >= 0.6 is 0 Å². The number of hydrogen-bond acceptors (Lipinski definition) is 2. The molecule has 0 aliphatic carbocycles. The maximum atomic E-state index is 9.00. The second-order valence-electron chi connectivity index (χ2n) is 3.57. The molecule has 0 aliphatic rings. The summed E-state index contributed by atoms with van der Waals surface area (Å²) in [6.45, 7) is 5.54. The standard InChI is InChI=1S/C10H14O.C2H4O2/c1-8(2)10-5-3-9(7-11)4-6-10;1-2(3)4/h3-6,8,11H,7H2,1-2H3;1H3,(H,3,4). The summed E-state index contributed by atoms with van der Waals surface area (Å²) in [6.07, 6.45) is 0. The molecule has 1 rings (SSSR count). The van der Waals surface area contributed by atoms with E-state index in [9.17, 15) is 0 Å². The first-order chi connectivity index (χ1) is 6.97. The highest BCUT2D eigenvalue weighted by Gasteiger charge is 1.97. The molecule has 0 spiro atoms. The number of carbonyl (C=O) groups is 1. The Labute approximate surface area is 90.4 Å². The molecule has 0 saturated carbocycles. The first-order valence-corrected chi connectivity index (χ1v) is 4.86. The highest BCUT2D eigenvalue weighted by atomic mass is 16.4. The minimum Gasteiger partial charge on any atom is -0.481 e. The Morgan fingerprint density at radius 3 is 1.93 bits per heavy atom. The van der Waals surface area contributed by atoms with Gasteiger partial charge in [-0.1, -0.05) is 38.1 Å². The van der Waals surface area contributed by atoms with Crippen LogP contribution in [0.3, 0.4) is 0 Å². The highest BCUT2D eigenvalue weighted by molar-refractivity contribution is 5.62.